The smallest absolute Gasteiger partial charge is 0.410 e. The molecule has 0 bridgehead atoms. The van der Waals surface area contributed by atoms with Gasteiger partial charge < -0.3 is 30.7 Å². The van der Waals surface area contributed by atoms with Gasteiger partial charge in [0.2, 0.25) is 0 Å². The second kappa shape index (κ2) is 10.6. The number of likely N-dealkylation sites (tertiary alicyclic amines) is 2. The molecule has 2 aliphatic heterocycles. The molecule has 0 aliphatic carbocycles. The number of nitrogens with zero attached hydrogens (tertiary/aromatic N) is 2. The van der Waals surface area contributed by atoms with Gasteiger partial charge >= 0.3 is 12.2 Å². The quantitative estimate of drug-likeness (QED) is 0.604. The number of ether oxygens (including phenoxy) is 2. The molecule has 2 heterocycles. The second-order valence-electron chi connectivity index (χ2n) is 9.96. The van der Waals surface area contributed by atoms with Crippen molar-refractivity contribution < 1.29 is 27.8 Å². The Morgan fingerprint density at radius 1 is 0.733 bits per heavy atom. The average Bonchev–Trinajstić information content (AvgIpc) is 2.50. The van der Waals surface area contributed by atoms with E-state index < -0.39 is 35.7 Å². The van der Waals surface area contributed by atoms with Gasteiger partial charge in [-0.2, -0.15) is 0 Å². The molecule has 0 unspecified atom stereocenters. The van der Waals surface area contributed by atoms with Crippen LogP contribution in [0.2, 0.25) is 0 Å². The van der Waals surface area contributed by atoms with E-state index in [1.54, 1.807) is 41.5 Å². The topological polar surface area (TPSA) is 111 Å². The van der Waals surface area contributed by atoms with Crippen molar-refractivity contribution in [2.45, 2.75) is 90.0 Å². The number of piperidine rings is 2. The predicted molar refractivity (Wildman–Crippen MR) is 111 cm³/mol. The maximum atomic E-state index is 13.1. The Balaban J connectivity index is 0.000000300. The third-order valence-electron chi connectivity index (χ3n) is 4.17. The molecule has 0 aromatic heterocycles. The van der Waals surface area contributed by atoms with Crippen LogP contribution in [0.3, 0.4) is 0 Å². The summed E-state index contributed by atoms with van der Waals surface area (Å²) in [6.45, 7) is 11.6. The zero-order valence-corrected chi connectivity index (χ0v) is 19.0. The lowest BCUT2D eigenvalue weighted by molar-refractivity contribution is 0.0108. The van der Waals surface area contributed by atoms with Crippen LogP contribution in [-0.2, 0) is 9.47 Å². The largest absolute Gasteiger partial charge is 0.444 e. The normalized spacial score (nSPS) is 27.7. The highest BCUT2D eigenvalue weighted by Crippen LogP contribution is 2.17. The zero-order valence-electron chi connectivity index (χ0n) is 19.0. The van der Waals surface area contributed by atoms with E-state index >= 15 is 0 Å². The maximum Gasteiger partial charge on any atom is 0.410 e. The van der Waals surface area contributed by atoms with E-state index in [9.17, 15) is 18.4 Å². The van der Waals surface area contributed by atoms with E-state index in [0.29, 0.717) is 25.9 Å². The van der Waals surface area contributed by atoms with E-state index in [-0.39, 0.29) is 25.2 Å². The van der Waals surface area contributed by atoms with Gasteiger partial charge in [-0.05, 0) is 54.4 Å². The number of hydrogen-bond donors (Lipinski definition) is 2. The third-order valence-corrected chi connectivity index (χ3v) is 4.17. The first-order chi connectivity index (χ1) is 13.6. The number of hydrogen-bond acceptors (Lipinski definition) is 6. The fourth-order valence-corrected chi connectivity index (χ4v) is 3.10. The summed E-state index contributed by atoms with van der Waals surface area (Å²) >= 11 is 0. The first-order valence-electron chi connectivity index (χ1n) is 10.3. The number of amides is 2. The minimum absolute atomic E-state index is 0.0859. The Hall–Kier alpha value is -1.68. The van der Waals surface area contributed by atoms with Crippen LogP contribution in [0, 0.1) is 0 Å². The van der Waals surface area contributed by atoms with E-state index in [1.165, 1.54) is 9.80 Å². The highest BCUT2D eigenvalue weighted by Gasteiger charge is 2.32. The summed E-state index contributed by atoms with van der Waals surface area (Å²) in [5.74, 6) is 0. The highest BCUT2D eigenvalue weighted by molar-refractivity contribution is 5.68. The lowest BCUT2D eigenvalue weighted by Gasteiger charge is -2.34. The molecule has 0 aromatic carbocycles. The molecular weight excluding hydrogens is 398 g/mol. The number of rotatable bonds is 0. The van der Waals surface area contributed by atoms with Crippen LogP contribution in [0.1, 0.15) is 54.4 Å². The molecule has 4 atom stereocenters. The summed E-state index contributed by atoms with van der Waals surface area (Å²) in [7, 11) is 0. The fourth-order valence-electron chi connectivity index (χ4n) is 3.10. The van der Waals surface area contributed by atoms with Crippen LogP contribution >= 0.6 is 0 Å². The first-order valence-corrected chi connectivity index (χ1v) is 10.3. The molecule has 2 aliphatic rings. The maximum absolute atomic E-state index is 13.1. The van der Waals surface area contributed by atoms with Gasteiger partial charge in [-0.15, -0.1) is 0 Å². The number of carbonyl (C=O) groups excluding carboxylic acids is 2. The summed E-state index contributed by atoms with van der Waals surface area (Å²) in [5, 5.41) is 0. The van der Waals surface area contributed by atoms with Crippen molar-refractivity contribution in [3.05, 3.63) is 0 Å². The van der Waals surface area contributed by atoms with Crippen LogP contribution in [0.15, 0.2) is 0 Å². The fraction of sp³-hybridized carbons (Fsp3) is 0.900. The van der Waals surface area contributed by atoms with Crippen LogP contribution in [0.4, 0.5) is 18.4 Å². The molecule has 176 valence electrons. The summed E-state index contributed by atoms with van der Waals surface area (Å²) < 4.78 is 36.6. The van der Waals surface area contributed by atoms with E-state index in [4.69, 9.17) is 20.9 Å². The van der Waals surface area contributed by atoms with Gasteiger partial charge in [0.05, 0.1) is 13.1 Å². The first kappa shape index (κ1) is 26.4. The Morgan fingerprint density at radius 3 is 1.27 bits per heavy atom. The molecular formula is C20H38F2N4O4. The molecule has 0 radical (unpaired) electrons. The molecule has 2 saturated heterocycles. The van der Waals surface area contributed by atoms with Crippen molar-refractivity contribution in [3.8, 4) is 0 Å². The van der Waals surface area contributed by atoms with Crippen molar-refractivity contribution in [2.75, 3.05) is 26.2 Å². The molecule has 10 heteroatoms. The van der Waals surface area contributed by atoms with Crippen molar-refractivity contribution in [3.63, 3.8) is 0 Å². The molecule has 2 rings (SSSR count). The van der Waals surface area contributed by atoms with Gasteiger partial charge in [0.25, 0.3) is 0 Å². The summed E-state index contributed by atoms with van der Waals surface area (Å²) in [5.41, 5.74) is 10.2. The molecule has 4 N–H and O–H groups in total. The molecule has 8 nitrogen and oxygen atoms in total. The lowest BCUT2D eigenvalue weighted by Crippen LogP contribution is -2.51. The van der Waals surface area contributed by atoms with Gasteiger partial charge in [0, 0.05) is 25.2 Å². The van der Waals surface area contributed by atoms with Crippen LogP contribution in [-0.4, -0.2) is 83.8 Å². The predicted octanol–water partition coefficient (Wildman–Crippen LogP) is 2.59. The molecule has 2 amide bonds. The molecule has 30 heavy (non-hydrogen) atoms. The minimum Gasteiger partial charge on any atom is -0.444 e. The molecule has 0 aromatic rings. The highest BCUT2D eigenvalue weighted by atomic mass is 19.1. The van der Waals surface area contributed by atoms with E-state index in [2.05, 4.69) is 0 Å². The minimum atomic E-state index is -1.04. The molecule has 0 saturated carbocycles. The van der Waals surface area contributed by atoms with Crippen LogP contribution in [0.25, 0.3) is 0 Å². The van der Waals surface area contributed by atoms with Gasteiger partial charge in [0.1, 0.15) is 23.5 Å². The zero-order chi connectivity index (χ0) is 23.3. The SMILES string of the molecule is CC(C)(C)OC(=O)N1C[C@@H](N)C[C@H](F)C1.CC(C)(C)OC(=O)N1C[C@H](N)C[C@@H](F)C1. The molecule has 0 spiro atoms. The number of nitrogens with two attached hydrogens (primary N) is 2. The second-order valence-corrected chi connectivity index (χ2v) is 9.96. The standard InChI is InChI=1S/2C10H19FN2O2/c2*1-10(2,3)15-9(14)13-5-7(11)4-8(12)6-13/h2*7-8H,4-6,12H2,1-3H3/t2*7-,8-/m10/s1. The lowest BCUT2D eigenvalue weighted by atomic mass is 10.1. The third kappa shape index (κ3) is 10.4. The van der Waals surface area contributed by atoms with Gasteiger partial charge in [-0.1, -0.05) is 0 Å². The Kier molecular flexibility index (Phi) is 9.28. The molecule has 2 fully saturated rings. The van der Waals surface area contributed by atoms with Gasteiger partial charge in [-0.3, -0.25) is 0 Å². The Morgan fingerprint density at radius 2 is 1.03 bits per heavy atom. The summed E-state index contributed by atoms with van der Waals surface area (Å²) in [6.07, 6.45) is -2.42. The number of halogens is 2. The number of carbonyl (C=O) groups is 2. The van der Waals surface area contributed by atoms with Gasteiger partial charge in [-0.25, -0.2) is 18.4 Å². The Labute approximate surface area is 178 Å². The van der Waals surface area contributed by atoms with Crippen molar-refractivity contribution >= 4 is 12.2 Å². The van der Waals surface area contributed by atoms with Crippen LogP contribution in [0.5, 0.6) is 0 Å². The summed E-state index contributed by atoms with van der Waals surface area (Å²) in [4.78, 5) is 25.8. The van der Waals surface area contributed by atoms with Crippen molar-refractivity contribution in [1.82, 2.24) is 9.80 Å². The summed E-state index contributed by atoms with van der Waals surface area (Å²) in [6, 6.07) is -0.581. The van der Waals surface area contributed by atoms with E-state index in [1.807, 2.05) is 0 Å². The van der Waals surface area contributed by atoms with Crippen LogP contribution < -0.4 is 11.5 Å². The van der Waals surface area contributed by atoms with Crippen molar-refractivity contribution in [1.29, 1.82) is 0 Å². The van der Waals surface area contributed by atoms with Gasteiger partial charge in [0.15, 0.2) is 0 Å². The van der Waals surface area contributed by atoms with Crippen molar-refractivity contribution in [2.24, 2.45) is 11.5 Å². The monoisotopic (exact) mass is 436 g/mol. The average molecular weight is 437 g/mol. The Bertz CT molecular complexity index is 510. The van der Waals surface area contributed by atoms with E-state index in [0.717, 1.165) is 0 Å². The number of alkyl halides is 2.